The highest BCUT2D eigenvalue weighted by atomic mass is 16.5. The highest BCUT2D eigenvalue weighted by molar-refractivity contribution is 5.69. The molecule has 0 fully saturated rings. The Morgan fingerprint density at radius 2 is 0.800 bits per heavy atom. The first-order valence-electron chi connectivity index (χ1n) is 17.4. The van der Waals surface area contributed by atoms with Gasteiger partial charge in [0.2, 0.25) is 0 Å². The number of carboxylic acids is 1. The highest BCUT2D eigenvalue weighted by Crippen LogP contribution is 2.15. The molecule has 5 heteroatoms. The van der Waals surface area contributed by atoms with Gasteiger partial charge < -0.3 is 14.9 Å². The fourth-order valence-electron chi connectivity index (χ4n) is 5.06. The molecule has 0 saturated heterocycles. The molecule has 0 radical (unpaired) electrons. The van der Waals surface area contributed by atoms with Gasteiger partial charge in [0.15, 0.2) is 0 Å². The molecule has 0 aromatic carbocycles. The van der Waals surface area contributed by atoms with Crippen molar-refractivity contribution in [2.45, 2.75) is 206 Å². The van der Waals surface area contributed by atoms with Crippen LogP contribution in [0.15, 0.2) is 0 Å². The zero-order valence-electron chi connectivity index (χ0n) is 27.2. The maximum Gasteiger partial charge on any atom is 0.305 e. The Morgan fingerprint density at radius 3 is 1.18 bits per heavy atom. The second-order valence-corrected chi connectivity index (χ2v) is 11.8. The molecule has 2 N–H and O–H groups in total. The van der Waals surface area contributed by atoms with Crippen LogP contribution in [0.2, 0.25) is 0 Å². The Hall–Kier alpha value is -1.10. The van der Waals surface area contributed by atoms with Crippen LogP contribution in [0.25, 0.3) is 0 Å². The molecule has 240 valence electrons. The molecule has 0 aromatic rings. The fourth-order valence-corrected chi connectivity index (χ4v) is 5.06. The Kier molecular flexibility index (Phi) is 36.9. The molecule has 0 heterocycles. The third kappa shape index (κ3) is 39.0. The predicted molar refractivity (Wildman–Crippen MR) is 171 cm³/mol. The molecule has 0 rings (SSSR count). The molecule has 0 aliphatic heterocycles. The smallest absolute Gasteiger partial charge is 0.305 e. The fraction of sp³-hybridized carbons (Fsp3) is 0.943. The summed E-state index contributed by atoms with van der Waals surface area (Å²) in [5.41, 5.74) is 0. The normalized spacial score (nSPS) is 11.6. The molecule has 0 bridgehead atoms. The molecule has 0 saturated carbocycles. The lowest BCUT2D eigenvalue weighted by Crippen LogP contribution is -2.05. The third-order valence-electron chi connectivity index (χ3n) is 7.78. The number of rotatable bonds is 30. The van der Waals surface area contributed by atoms with E-state index in [9.17, 15) is 14.7 Å². The second-order valence-electron chi connectivity index (χ2n) is 11.8. The summed E-state index contributed by atoms with van der Waals surface area (Å²) < 4.78 is 4.62. The summed E-state index contributed by atoms with van der Waals surface area (Å²) in [4.78, 5) is 21.2. The molecule has 5 nitrogen and oxygen atoms in total. The van der Waals surface area contributed by atoms with Crippen LogP contribution in [-0.4, -0.2) is 35.4 Å². The summed E-state index contributed by atoms with van der Waals surface area (Å²) in [6.07, 6.45) is 34.3. The summed E-state index contributed by atoms with van der Waals surface area (Å²) in [7, 11) is 1.45. The van der Waals surface area contributed by atoms with Gasteiger partial charge in [-0.1, -0.05) is 162 Å². The van der Waals surface area contributed by atoms with E-state index in [1.807, 2.05) is 0 Å². The van der Waals surface area contributed by atoms with Crippen molar-refractivity contribution >= 4 is 11.9 Å². The van der Waals surface area contributed by atoms with E-state index in [-0.39, 0.29) is 12.1 Å². The third-order valence-corrected chi connectivity index (χ3v) is 7.78. The van der Waals surface area contributed by atoms with Crippen molar-refractivity contribution in [3.63, 3.8) is 0 Å². The first-order valence-corrected chi connectivity index (χ1v) is 17.4. The van der Waals surface area contributed by atoms with Gasteiger partial charge in [-0.2, -0.15) is 0 Å². The molecule has 0 spiro atoms. The molecular formula is C35H70O5. The highest BCUT2D eigenvalue weighted by Gasteiger charge is 2.03. The van der Waals surface area contributed by atoms with E-state index >= 15 is 0 Å². The van der Waals surface area contributed by atoms with Crippen molar-refractivity contribution in [3.8, 4) is 0 Å². The van der Waals surface area contributed by atoms with E-state index in [1.165, 1.54) is 142 Å². The molecule has 0 aliphatic carbocycles. The standard InChI is InChI=1S/C19H38O3.C16H32O2/c1-3-4-12-15-18(20)16-13-10-8-6-5-7-9-11-14-17-19(21)22-2;1-2-3-4-5-6-7-8-9-10-11-12-13-14-15-16(17)18/h18,20H,3-17H2,1-2H3;2-15H2,1H3,(H,17,18). The maximum absolute atomic E-state index is 10.9. The summed E-state index contributed by atoms with van der Waals surface area (Å²) in [6.45, 7) is 4.46. The number of methoxy groups -OCH3 is 1. The monoisotopic (exact) mass is 571 g/mol. The molecule has 1 atom stereocenters. The number of aliphatic hydroxyl groups excluding tert-OH is 1. The van der Waals surface area contributed by atoms with Crippen LogP contribution in [0.5, 0.6) is 0 Å². The Labute approximate surface area is 249 Å². The lowest BCUT2D eigenvalue weighted by atomic mass is 10.0. The van der Waals surface area contributed by atoms with E-state index in [0.29, 0.717) is 12.8 Å². The van der Waals surface area contributed by atoms with E-state index in [0.717, 1.165) is 38.5 Å². The number of carbonyl (C=O) groups excluding carboxylic acids is 1. The van der Waals surface area contributed by atoms with Gasteiger partial charge in [-0.05, 0) is 25.7 Å². The van der Waals surface area contributed by atoms with Crippen molar-refractivity contribution in [1.82, 2.24) is 0 Å². The number of esters is 1. The van der Waals surface area contributed by atoms with Gasteiger partial charge in [-0.3, -0.25) is 9.59 Å². The predicted octanol–water partition coefficient (Wildman–Crippen LogP) is 10.9. The topological polar surface area (TPSA) is 83.8 Å². The summed E-state index contributed by atoms with van der Waals surface area (Å²) in [5, 5.41) is 18.3. The van der Waals surface area contributed by atoms with Crippen LogP contribution in [0.1, 0.15) is 200 Å². The Morgan fingerprint density at radius 1 is 0.500 bits per heavy atom. The number of hydrogen-bond acceptors (Lipinski definition) is 4. The number of ether oxygens (including phenoxy) is 1. The van der Waals surface area contributed by atoms with Crippen LogP contribution in [0.4, 0.5) is 0 Å². The number of aliphatic hydroxyl groups is 1. The summed E-state index contributed by atoms with van der Waals surface area (Å²) in [6, 6.07) is 0. The number of aliphatic carboxylic acids is 1. The Bertz CT molecular complexity index is 508. The average molecular weight is 571 g/mol. The number of unbranched alkanes of at least 4 members (excludes halogenated alkanes) is 22. The number of carbonyl (C=O) groups is 2. The van der Waals surface area contributed by atoms with E-state index in [1.54, 1.807) is 0 Å². The van der Waals surface area contributed by atoms with Gasteiger partial charge in [0.05, 0.1) is 13.2 Å². The van der Waals surface area contributed by atoms with Gasteiger partial charge in [-0.25, -0.2) is 0 Å². The van der Waals surface area contributed by atoms with E-state index < -0.39 is 5.97 Å². The number of hydrogen-bond donors (Lipinski definition) is 2. The number of carboxylic acid groups (broad SMARTS) is 1. The van der Waals surface area contributed by atoms with Gasteiger partial charge in [0, 0.05) is 12.8 Å². The quantitative estimate of drug-likeness (QED) is 0.0662. The maximum atomic E-state index is 10.9. The minimum Gasteiger partial charge on any atom is -0.481 e. The lowest BCUT2D eigenvalue weighted by Gasteiger charge is -2.09. The van der Waals surface area contributed by atoms with Gasteiger partial charge in [-0.15, -0.1) is 0 Å². The Balaban J connectivity index is 0. The first kappa shape index (κ1) is 41.0. The van der Waals surface area contributed by atoms with Gasteiger partial charge >= 0.3 is 11.9 Å². The van der Waals surface area contributed by atoms with Crippen molar-refractivity contribution in [2.24, 2.45) is 0 Å². The van der Waals surface area contributed by atoms with E-state index in [2.05, 4.69) is 18.6 Å². The summed E-state index contributed by atoms with van der Waals surface area (Å²) in [5.74, 6) is -0.741. The van der Waals surface area contributed by atoms with Crippen LogP contribution in [0.3, 0.4) is 0 Å². The van der Waals surface area contributed by atoms with Crippen LogP contribution >= 0.6 is 0 Å². The molecule has 0 aromatic heterocycles. The molecule has 0 aliphatic rings. The lowest BCUT2D eigenvalue weighted by molar-refractivity contribution is -0.141. The second kappa shape index (κ2) is 35.9. The van der Waals surface area contributed by atoms with Crippen molar-refractivity contribution in [2.75, 3.05) is 7.11 Å². The zero-order valence-corrected chi connectivity index (χ0v) is 27.2. The average Bonchev–Trinajstić information content (AvgIpc) is 2.94. The van der Waals surface area contributed by atoms with Crippen LogP contribution in [-0.2, 0) is 14.3 Å². The van der Waals surface area contributed by atoms with Gasteiger partial charge in [0.1, 0.15) is 0 Å². The van der Waals surface area contributed by atoms with Crippen LogP contribution in [0, 0.1) is 0 Å². The summed E-state index contributed by atoms with van der Waals surface area (Å²) >= 11 is 0. The minimum atomic E-state index is -0.655. The largest absolute Gasteiger partial charge is 0.481 e. The molecule has 0 amide bonds. The van der Waals surface area contributed by atoms with Crippen molar-refractivity contribution < 1.29 is 24.5 Å². The molecule has 40 heavy (non-hydrogen) atoms. The van der Waals surface area contributed by atoms with E-state index in [4.69, 9.17) is 5.11 Å². The SMILES string of the molecule is CCCCCC(O)CCCCCCCCCCCC(=O)OC.CCCCCCCCCCCCCCCC(=O)O. The van der Waals surface area contributed by atoms with Crippen molar-refractivity contribution in [1.29, 1.82) is 0 Å². The minimum absolute atomic E-state index is 0.0682. The molecular weight excluding hydrogens is 500 g/mol. The van der Waals surface area contributed by atoms with Crippen LogP contribution < -0.4 is 0 Å². The zero-order chi connectivity index (χ0) is 29.9. The molecule has 1 unspecified atom stereocenters. The van der Waals surface area contributed by atoms with Gasteiger partial charge in [0.25, 0.3) is 0 Å². The first-order chi connectivity index (χ1) is 19.5. The van der Waals surface area contributed by atoms with Crippen molar-refractivity contribution in [3.05, 3.63) is 0 Å².